The van der Waals surface area contributed by atoms with Crippen LogP contribution in [-0.2, 0) is 0 Å². The number of thiazole rings is 1. The van der Waals surface area contributed by atoms with Gasteiger partial charge >= 0.3 is 0 Å². The van der Waals surface area contributed by atoms with Gasteiger partial charge in [-0.15, -0.1) is 11.3 Å². The molecule has 1 atom stereocenters. The molecule has 5 rings (SSSR count). The average molecular weight is 459 g/mol. The number of fused-ring (bicyclic) bond motifs is 1. The SMILES string of the molecule is Cc1cccc(-c2ccccc2C(=O)N2CCCC(NC(=O)c3c(C)nc4sccn34)C2)c1. The maximum absolute atomic E-state index is 13.5. The number of hydrogen-bond acceptors (Lipinski definition) is 4. The van der Waals surface area contributed by atoms with Crippen molar-refractivity contribution in [2.75, 3.05) is 13.1 Å². The van der Waals surface area contributed by atoms with Gasteiger partial charge in [-0.1, -0.05) is 48.0 Å². The lowest BCUT2D eigenvalue weighted by atomic mass is 9.96. The third kappa shape index (κ3) is 4.16. The monoisotopic (exact) mass is 458 g/mol. The third-order valence-electron chi connectivity index (χ3n) is 6.18. The lowest BCUT2D eigenvalue weighted by Gasteiger charge is -2.33. The minimum atomic E-state index is -0.141. The van der Waals surface area contributed by atoms with Crippen LogP contribution in [0, 0.1) is 13.8 Å². The van der Waals surface area contributed by atoms with Gasteiger partial charge in [0.25, 0.3) is 11.8 Å². The molecule has 0 aliphatic carbocycles. The molecule has 2 aromatic carbocycles. The summed E-state index contributed by atoms with van der Waals surface area (Å²) < 4.78 is 1.83. The van der Waals surface area contributed by atoms with Crippen LogP contribution in [0.2, 0.25) is 0 Å². The first kappa shape index (κ1) is 21.4. The number of nitrogens with one attached hydrogen (secondary N) is 1. The number of carbonyl (C=O) groups excluding carboxylic acids is 2. The Balaban J connectivity index is 1.34. The summed E-state index contributed by atoms with van der Waals surface area (Å²) in [6.45, 7) is 5.09. The molecular weight excluding hydrogens is 432 g/mol. The van der Waals surface area contributed by atoms with E-state index >= 15 is 0 Å². The summed E-state index contributed by atoms with van der Waals surface area (Å²) in [5.41, 5.74) is 5.12. The van der Waals surface area contributed by atoms with Crippen molar-refractivity contribution in [2.24, 2.45) is 0 Å². The highest BCUT2D eigenvalue weighted by Gasteiger charge is 2.28. The van der Waals surface area contributed by atoms with Crippen molar-refractivity contribution >= 4 is 28.1 Å². The number of imidazole rings is 1. The molecule has 2 amide bonds. The van der Waals surface area contributed by atoms with Crippen LogP contribution in [0.4, 0.5) is 0 Å². The van der Waals surface area contributed by atoms with Crippen LogP contribution in [-0.4, -0.2) is 45.2 Å². The molecule has 3 heterocycles. The molecule has 168 valence electrons. The predicted molar refractivity (Wildman–Crippen MR) is 131 cm³/mol. The Kier molecular flexibility index (Phi) is 5.72. The molecule has 4 aromatic rings. The molecule has 1 aliphatic rings. The van der Waals surface area contributed by atoms with Crippen LogP contribution < -0.4 is 5.32 Å². The van der Waals surface area contributed by atoms with Gasteiger partial charge < -0.3 is 10.2 Å². The zero-order valence-electron chi connectivity index (χ0n) is 18.7. The van der Waals surface area contributed by atoms with Gasteiger partial charge in [0.05, 0.1) is 5.69 Å². The number of amides is 2. The smallest absolute Gasteiger partial charge is 0.270 e. The second-order valence-electron chi connectivity index (χ2n) is 8.58. The van der Waals surface area contributed by atoms with E-state index in [9.17, 15) is 9.59 Å². The lowest BCUT2D eigenvalue weighted by Crippen LogP contribution is -2.50. The first-order valence-electron chi connectivity index (χ1n) is 11.2. The Morgan fingerprint density at radius 3 is 2.82 bits per heavy atom. The molecular formula is C26H26N4O2S. The van der Waals surface area contributed by atoms with Crippen molar-refractivity contribution in [2.45, 2.75) is 32.7 Å². The molecule has 2 aromatic heterocycles. The van der Waals surface area contributed by atoms with E-state index in [0.29, 0.717) is 24.3 Å². The van der Waals surface area contributed by atoms with Gasteiger partial charge in [0.15, 0.2) is 4.96 Å². The van der Waals surface area contributed by atoms with Gasteiger partial charge in [-0.25, -0.2) is 4.98 Å². The van der Waals surface area contributed by atoms with Crippen LogP contribution >= 0.6 is 11.3 Å². The van der Waals surface area contributed by atoms with E-state index < -0.39 is 0 Å². The molecule has 33 heavy (non-hydrogen) atoms. The molecule has 1 N–H and O–H groups in total. The number of rotatable bonds is 4. The summed E-state index contributed by atoms with van der Waals surface area (Å²) in [6, 6.07) is 15.9. The highest BCUT2D eigenvalue weighted by molar-refractivity contribution is 7.15. The number of hydrogen-bond donors (Lipinski definition) is 1. The van der Waals surface area contributed by atoms with E-state index in [1.165, 1.54) is 11.3 Å². The summed E-state index contributed by atoms with van der Waals surface area (Å²) >= 11 is 1.51. The molecule has 0 bridgehead atoms. The summed E-state index contributed by atoms with van der Waals surface area (Å²) in [5, 5.41) is 5.07. The minimum absolute atomic E-state index is 0.00631. The average Bonchev–Trinajstić information content (AvgIpc) is 3.38. The van der Waals surface area contributed by atoms with Gasteiger partial charge in [-0.3, -0.25) is 14.0 Å². The fourth-order valence-corrected chi connectivity index (χ4v) is 5.36. The molecule has 0 radical (unpaired) electrons. The summed E-state index contributed by atoms with van der Waals surface area (Å²) in [6.07, 6.45) is 3.57. The summed E-state index contributed by atoms with van der Waals surface area (Å²) in [5.74, 6) is -0.135. The Morgan fingerprint density at radius 2 is 1.97 bits per heavy atom. The molecule has 1 aliphatic heterocycles. The number of nitrogens with zero attached hydrogens (tertiary/aromatic N) is 3. The Hall–Kier alpha value is -3.45. The van der Waals surface area contributed by atoms with Crippen LogP contribution in [0.3, 0.4) is 0 Å². The lowest BCUT2D eigenvalue weighted by molar-refractivity contribution is 0.0675. The second-order valence-corrected chi connectivity index (χ2v) is 9.45. The van der Waals surface area contributed by atoms with E-state index in [1.807, 2.05) is 64.2 Å². The number of benzene rings is 2. The van der Waals surface area contributed by atoms with Gasteiger partial charge in [-0.05, 0) is 43.9 Å². The predicted octanol–water partition coefficient (Wildman–Crippen LogP) is 4.71. The van der Waals surface area contributed by atoms with Crippen LogP contribution in [0.1, 0.15) is 44.9 Å². The van der Waals surface area contributed by atoms with Gasteiger partial charge in [0, 0.05) is 36.3 Å². The number of likely N-dealkylation sites (tertiary alicyclic amines) is 1. The molecule has 0 spiro atoms. The highest BCUT2D eigenvalue weighted by Crippen LogP contribution is 2.27. The van der Waals surface area contributed by atoms with E-state index in [-0.39, 0.29) is 17.9 Å². The van der Waals surface area contributed by atoms with E-state index in [2.05, 4.69) is 29.4 Å². The first-order chi connectivity index (χ1) is 16.0. The van der Waals surface area contributed by atoms with Crippen LogP contribution in [0.5, 0.6) is 0 Å². The molecule has 1 fully saturated rings. The van der Waals surface area contributed by atoms with E-state index in [1.54, 1.807) is 0 Å². The zero-order valence-corrected chi connectivity index (χ0v) is 19.6. The normalized spacial score (nSPS) is 16.2. The second kappa shape index (κ2) is 8.83. The number of carbonyl (C=O) groups is 2. The van der Waals surface area contributed by atoms with Crippen molar-refractivity contribution in [1.82, 2.24) is 19.6 Å². The Labute approximate surface area is 196 Å². The van der Waals surface area contributed by atoms with Crippen LogP contribution in [0.15, 0.2) is 60.1 Å². The number of aromatic nitrogens is 2. The van der Waals surface area contributed by atoms with E-state index in [0.717, 1.165) is 40.2 Å². The van der Waals surface area contributed by atoms with Crippen molar-refractivity contribution < 1.29 is 9.59 Å². The van der Waals surface area contributed by atoms with Crippen molar-refractivity contribution in [3.05, 3.63) is 82.6 Å². The topological polar surface area (TPSA) is 66.7 Å². The van der Waals surface area contributed by atoms with Gasteiger partial charge in [0.1, 0.15) is 5.69 Å². The summed E-state index contributed by atoms with van der Waals surface area (Å²) in [4.78, 5) is 33.7. The molecule has 1 unspecified atom stereocenters. The van der Waals surface area contributed by atoms with Gasteiger partial charge in [-0.2, -0.15) is 0 Å². The maximum atomic E-state index is 13.5. The fourth-order valence-electron chi connectivity index (χ4n) is 4.60. The van der Waals surface area contributed by atoms with Gasteiger partial charge in [0.2, 0.25) is 0 Å². The Bertz CT molecular complexity index is 1340. The first-order valence-corrected chi connectivity index (χ1v) is 12.1. The zero-order chi connectivity index (χ0) is 22.9. The third-order valence-corrected chi connectivity index (χ3v) is 6.94. The Morgan fingerprint density at radius 1 is 1.12 bits per heavy atom. The molecule has 0 saturated carbocycles. The highest BCUT2D eigenvalue weighted by atomic mass is 32.1. The summed E-state index contributed by atoms with van der Waals surface area (Å²) in [7, 11) is 0. The largest absolute Gasteiger partial charge is 0.346 e. The molecule has 7 heteroatoms. The standard InChI is InChI=1S/C26H26N4O2S/c1-17-7-5-8-19(15-17)21-10-3-4-11-22(21)25(32)29-12-6-9-20(16-29)28-24(31)23-18(2)27-26-30(23)13-14-33-26/h3-5,7-8,10-11,13-15,20H,6,9,12,16H2,1-2H3,(H,28,31). The van der Waals surface area contributed by atoms with Crippen molar-refractivity contribution in [1.29, 1.82) is 0 Å². The van der Waals surface area contributed by atoms with Crippen molar-refractivity contribution in [3.63, 3.8) is 0 Å². The molecule has 1 saturated heterocycles. The van der Waals surface area contributed by atoms with Crippen molar-refractivity contribution in [3.8, 4) is 11.1 Å². The van der Waals surface area contributed by atoms with Crippen LogP contribution in [0.25, 0.3) is 16.1 Å². The van der Waals surface area contributed by atoms with E-state index in [4.69, 9.17) is 0 Å². The molecule has 6 nitrogen and oxygen atoms in total. The fraction of sp³-hybridized carbons (Fsp3) is 0.269. The number of aryl methyl sites for hydroxylation is 2. The minimum Gasteiger partial charge on any atom is -0.346 e. The maximum Gasteiger partial charge on any atom is 0.270 e. The number of piperidine rings is 1. The quantitative estimate of drug-likeness (QED) is 0.481.